The normalized spacial score (nSPS) is 15.8. The molecule has 1 heterocycles. The summed E-state index contributed by atoms with van der Waals surface area (Å²) in [5.74, 6) is 0.192. The van der Waals surface area contributed by atoms with Crippen LogP contribution in [0, 0.1) is 12.8 Å². The molecule has 0 fully saturated rings. The van der Waals surface area contributed by atoms with Gasteiger partial charge in [0.15, 0.2) is 0 Å². The van der Waals surface area contributed by atoms with Gasteiger partial charge in [-0.15, -0.1) is 0 Å². The van der Waals surface area contributed by atoms with Crippen LogP contribution in [-0.2, 0) is 5.60 Å². The highest BCUT2D eigenvalue weighted by molar-refractivity contribution is 5.20. The Balaban J connectivity index is 3.01. The van der Waals surface area contributed by atoms with Crippen molar-refractivity contribution >= 4 is 0 Å². The third kappa shape index (κ3) is 2.07. The second-order valence-corrected chi connectivity index (χ2v) is 3.99. The van der Waals surface area contributed by atoms with Crippen molar-refractivity contribution in [2.45, 2.75) is 33.3 Å². The first kappa shape index (κ1) is 10.2. The fourth-order valence-corrected chi connectivity index (χ4v) is 1.10. The number of rotatable bonds is 2. The monoisotopic (exact) mass is 179 g/mol. The maximum atomic E-state index is 10.1. The zero-order chi connectivity index (χ0) is 10.1. The topological polar surface area (TPSA) is 33.1 Å². The molecular weight excluding hydrogens is 162 g/mol. The molecule has 1 N–H and O–H groups in total. The standard InChI is InChI=1S/C11H17NO/c1-8(2)11(4,13)10-6-5-9(3)12-7-10/h5-8,13H,1-4H3. The second-order valence-electron chi connectivity index (χ2n) is 3.99. The smallest absolute Gasteiger partial charge is 0.0906 e. The molecular formula is C11H17NO. The van der Waals surface area contributed by atoms with Crippen LogP contribution in [0.5, 0.6) is 0 Å². The fraction of sp³-hybridized carbons (Fsp3) is 0.545. The van der Waals surface area contributed by atoms with Crippen molar-refractivity contribution in [2.24, 2.45) is 5.92 Å². The summed E-state index contributed by atoms with van der Waals surface area (Å²) in [7, 11) is 0. The van der Waals surface area contributed by atoms with Gasteiger partial charge in [0, 0.05) is 17.5 Å². The average molecular weight is 179 g/mol. The van der Waals surface area contributed by atoms with E-state index in [2.05, 4.69) is 4.98 Å². The van der Waals surface area contributed by atoms with Gasteiger partial charge < -0.3 is 5.11 Å². The number of hydrogen-bond acceptors (Lipinski definition) is 2. The lowest BCUT2D eigenvalue weighted by molar-refractivity contribution is 0.00872. The SMILES string of the molecule is Cc1ccc(C(C)(O)C(C)C)cn1. The molecule has 1 rings (SSSR count). The zero-order valence-electron chi connectivity index (χ0n) is 8.70. The molecule has 72 valence electrons. The predicted octanol–water partition coefficient (Wildman–Crippen LogP) is 2.25. The van der Waals surface area contributed by atoms with E-state index in [1.807, 2.05) is 39.8 Å². The minimum Gasteiger partial charge on any atom is -0.385 e. The first-order valence-electron chi connectivity index (χ1n) is 4.60. The van der Waals surface area contributed by atoms with Gasteiger partial charge in [0.1, 0.15) is 0 Å². The summed E-state index contributed by atoms with van der Waals surface area (Å²) in [6.45, 7) is 7.76. The first-order valence-corrected chi connectivity index (χ1v) is 4.60. The third-order valence-corrected chi connectivity index (χ3v) is 2.62. The van der Waals surface area contributed by atoms with Crippen molar-refractivity contribution in [1.82, 2.24) is 4.98 Å². The fourth-order valence-electron chi connectivity index (χ4n) is 1.10. The van der Waals surface area contributed by atoms with E-state index in [1.165, 1.54) is 0 Å². The molecule has 0 saturated carbocycles. The summed E-state index contributed by atoms with van der Waals surface area (Å²) < 4.78 is 0. The van der Waals surface area contributed by atoms with Crippen LogP contribution < -0.4 is 0 Å². The maximum absolute atomic E-state index is 10.1. The van der Waals surface area contributed by atoms with E-state index in [0.29, 0.717) is 0 Å². The molecule has 0 aromatic carbocycles. The summed E-state index contributed by atoms with van der Waals surface area (Å²) in [6, 6.07) is 3.86. The summed E-state index contributed by atoms with van der Waals surface area (Å²) in [4.78, 5) is 4.17. The van der Waals surface area contributed by atoms with Crippen LogP contribution in [0.15, 0.2) is 18.3 Å². The second kappa shape index (κ2) is 3.46. The van der Waals surface area contributed by atoms with E-state index in [4.69, 9.17) is 0 Å². The molecule has 0 radical (unpaired) electrons. The van der Waals surface area contributed by atoms with Gasteiger partial charge in [0.25, 0.3) is 0 Å². The van der Waals surface area contributed by atoms with Crippen LogP contribution in [0.4, 0.5) is 0 Å². The molecule has 1 aromatic heterocycles. The number of hydrogen-bond donors (Lipinski definition) is 1. The highest BCUT2D eigenvalue weighted by Crippen LogP contribution is 2.27. The molecule has 1 aromatic rings. The van der Waals surface area contributed by atoms with E-state index in [0.717, 1.165) is 11.3 Å². The van der Waals surface area contributed by atoms with Gasteiger partial charge in [0.05, 0.1) is 5.60 Å². The molecule has 13 heavy (non-hydrogen) atoms. The lowest BCUT2D eigenvalue weighted by Gasteiger charge is -2.27. The number of nitrogens with zero attached hydrogens (tertiary/aromatic N) is 1. The number of aliphatic hydroxyl groups is 1. The van der Waals surface area contributed by atoms with Crippen LogP contribution in [0.2, 0.25) is 0 Å². The Morgan fingerprint density at radius 2 is 2.00 bits per heavy atom. The van der Waals surface area contributed by atoms with Crippen molar-refractivity contribution in [1.29, 1.82) is 0 Å². The maximum Gasteiger partial charge on any atom is 0.0906 e. The minimum absolute atomic E-state index is 0.192. The Kier molecular flexibility index (Phi) is 2.71. The van der Waals surface area contributed by atoms with Crippen molar-refractivity contribution in [3.05, 3.63) is 29.6 Å². The Morgan fingerprint density at radius 3 is 2.38 bits per heavy atom. The van der Waals surface area contributed by atoms with Gasteiger partial charge in [-0.25, -0.2) is 0 Å². The van der Waals surface area contributed by atoms with Crippen LogP contribution in [0.1, 0.15) is 32.0 Å². The lowest BCUT2D eigenvalue weighted by Crippen LogP contribution is -2.28. The van der Waals surface area contributed by atoms with Gasteiger partial charge in [-0.05, 0) is 25.8 Å². The Hall–Kier alpha value is -0.890. The van der Waals surface area contributed by atoms with E-state index < -0.39 is 5.60 Å². The van der Waals surface area contributed by atoms with E-state index in [1.54, 1.807) is 6.20 Å². The Labute approximate surface area is 79.6 Å². The van der Waals surface area contributed by atoms with Crippen molar-refractivity contribution < 1.29 is 5.11 Å². The largest absolute Gasteiger partial charge is 0.385 e. The van der Waals surface area contributed by atoms with Gasteiger partial charge in [-0.2, -0.15) is 0 Å². The third-order valence-electron chi connectivity index (χ3n) is 2.62. The van der Waals surface area contributed by atoms with Crippen LogP contribution in [-0.4, -0.2) is 10.1 Å². The van der Waals surface area contributed by atoms with Crippen molar-refractivity contribution in [3.63, 3.8) is 0 Å². The van der Waals surface area contributed by atoms with Crippen molar-refractivity contribution in [3.8, 4) is 0 Å². The minimum atomic E-state index is -0.777. The van der Waals surface area contributed by atoms with E-state index >= 15 is 0 Å². The summed E-state index contributed by atoms with van der Waals surface area (Å²) >= 11 is 0. The highest BCUT2D eigenvalue weighted by atomic mass is 16.3. The van der Waals surface area contributed by atoms with Crippen LogP contribution >= 0.6 is 0 Å². The zero-order valence-corrected chi connectivity index (χ0v) is 8.70. The van der Waals surface area contributed by atoms with Gasteiger partial charge in [-0.1, -0.05) is 19.9 Å². The number of aryl methyl sites for hydroxylation is 1. The number of aromatic nitrogens is 1. The van der Waals surface area contributed by atoms with Crippen LogP contribution in [0.25, 0.3) is 0 Å². The highest BCUT2D eigenvalue weighted by Gasteiger charge is 2.27. The summed E-state index contributed by atoms with van der Waals surface area (Å²) in [5, 5.41) is 10.1. The van der Waals surface area contributed by atoms with Gasteiger partial charge in [0.2, 0.25) is 0 Å². The number of pyridine rings is 1. The predicted molar refractivity (Wildman–Crippen MR) is 53.4 cm³/mol. The molecule has 1 unspecified atom stereocenters. The molecule has 0 saturated heterocycles. The van der Waals surface area contributed by atoms with Crippen molar-refractivity contribution in [2.75, 3.05) is 0 Å². The summed E-state index contributed by atoms with van der Waals surface area (Å²) in [6.07, 6.45) is 1.75. The molecule has 2 nitrogen and oxygen atoms in total. The Morgan fingerprint density at radius 1 is 1.38 bits per heavy atom. The molecule has 0 spiro atoms. The molecule has 0 amide bonds. The summed E-state index contributed by atoms with van der Waals surface area (Å²) in [5.41, 5.74) is 1.08. The molecule has 2 heteroatoms. The van der Waals surface area contributed by atoms with Crippen LogP contribution in [0.3, 0.4) is 0 Å². The molecule has 0 aliphatic heterocycles. The quantitative estimate of drug-likeness (QED) is 0.755. The van der Waals surface area contributed by atoms with E-state index in [9.17, 15) is 5.11 Å². The molecule has 1 atom stereocenters. The molecule has 0 aliphatic carbocycles. The lowest BCUT2D eigenvalue weighted by atomic mass is 9.86. The van der Waals surface area contributed by atoms with E-state index in [-0.39, 0.29) is 5.92 Å². The Bertz CT molecular complexity index is 275. The molecule has 0 bridgehead atoms. The first-order chi connectivity index (χ1) is 5.94. The average Bonchev–Trinajstić information content (AvgIpc) is 2.04. The van der Waals surface area contributed by atoms with Gasteiger partial charge >= 0.3 is 0 Å². The molecule has 0 aliphatic rings. The van der Waals surface area contributed by atoms with Gasteiger partial charge in [-0.3, -0.25) is 4.98 Å².